The summed E-state index contributed by atoms with van der Waals surface area (Å²) in [5.41, 5.74) is 3.56. The molecule has 2 aromatic rings. The fourth-order valence-corrected chi connectivity index (χ4v) is 2.63. The van der Waals surface area contributed by atoms with E-state index in [0.29, 0.717) is 5.02 Å². The second kappa shape index (κ2) is 6.87. The highest BCUT2D eigenvalue weighted by Crippen LogP contribution is 2.24. The molecule has 3 heteroatoms. The van der Waals surface area contributed by atoms with E-state index in [1.807, 2.05) is 13.0 Å². The Kier molecular flexibility index (Phi) is 5.16. The van der Waals surface area contributed by atoms with Gasteiger partial charge in [0.1, 0.15) is 5.82 Å². The minimum absolute atomic E-state index is 0.0769. The Labute approximate surface area is 124 Å². The number of hydrogen-bond donors (Lipinski definition) is 1. The molecular formula is C17H19ClFN. The van der Waals surface area contributed by atoms with Crippen LogP contribution in [-0.2, 0) is 13.0 Å². The SMILES string of the molecule is CCc1ccccc1CNC(C)c1ccc(F)cc1Cl. The third kappa shape index (κ3) is 3.59. The number of benzene rings is 2. The van der Waals surface area contributed by atoms with Crippen LogP contribution in [0.15, 0.2) is 42.5 Å². The van der Waals surface area contributed by atoms with Crippen LogP contribution in [0.2, 0.25) is 5.02 Å². The van der Waals surface area contributed by atoms with E-state index in [2.05, 4.69) is 30.4 Å². The highest BCUT2D eigenvalue weighted by molar-refractivity contribution is 6.31. The van der Waals surface area contributed by atoms with Crippen LogP contribution in [0.25, 0.3) is 0 Å². The Morgan fingerprint density at radius 2 is 1.85 bits per heavy atom. The Hall–Kier alpha value is -1.38. The summed E-state index contributed by atoms with van der Waals surface area (Å²) < 4.78 is 13.1. The van der Waals surface area contributed by atoms with Gasteiger partial charge in [-0.15, -0.1) is 0 Å². The average Bonchev–Trinajstić information content (AvgIpc) is 2.45. The lowest BCUT2D eigenvalue weighted by atomic mass is 10.0. The van der Waals surface area contributed by atoms with Gasteiger partial charge in [-0.05, 0) is 42.2 Å². The van der Waals surface area contributed by atoms with Crippen LogP contribution < -0.4 is 5.32 Å². The summed E-state index contributed by atoms with van der Waals surface area (Å²) in [6.07, 6.45) is 1.02. The van der Waals surface area contributed by atoms with Gasteiger partial charge in [-0.1, -0.05) is 48.9 Å². The first kappa shape index (κ1) is 15.0. The summed E-state index contributed by atoms with van der Waals surface area (Å²) in [4.78, 5) is 0. The van der Waals surface area contributed by atoms with Gasteiger partial charge in [-0.2, -0.15) is 0 Å². The summed E-state index contributed by atoms with van der Waals surface area (Å²) >= 11 is 6.08. The van der Waals surface area contributed by atoms with Gasteiger partial charge in [-0.25, -0.2) is 4.39 Å². The van der Waals surface area contributed by atoms with Crippen molar-refractivity contribution in [3.05, 3.63) is 70.0 Å². The zero-order valence-electron chi connectivity index (χ0n) is 11.8. The van der Waals surface area contributed by atoms with Gasteiger partial charge in [-0.3, -0.25) is 0 Å². The van der Waals surface area contributed by atoms with E-state index in [1.54, 1.807) is 6.07 Å². The maximum atomic E-state index is 13.1. The maximum absolute atomic E-state index is 13.1. The molecule has 1 N–H and O–H groups in total. The lowest BCUT2D eigenvalue weighted by Crippen LogP contribution is -2.19. The number of halogens is 2. The normalized spacial score (nSPS) is 12.4. The molecule has 0 heterocycles. The molecule has 0 amide bonds. The largest absolute Gasteiger partial charge is 0.306 e. The van der Waals surface area contributed by atoms with Crippen molar-refractivity contribution in [1.82, 2.24) is 5.32 Å². The van der Waals surface area contributed by atoms with Gasteiger partial charge < -0.3 is 5.32 Å². The summed E-state index contributed by atoms with van der Waals surface area (Å²) in [5, 5.41) is 3.91. The van der Waals surface area contributed by atoms with Crippen molar-refractivity contribution in [1.29, 1.82) is 0 Å². The molecule has 1 unspecified atom stereocenters. The van der Waals surface area contributed by atoms with E-state index < -0.39 is 0 Å². The van der Waals surface area contributed by atoms with Crippen LogP contribution >= 0.6 is 11.6 Å². The van der Waals surface area contributed by atoms with Crippen LogP contribution in [0.5, 0.6) is 0 Å². The van der Waals surface area contributed by atoms with E-state index >= 15 is 0 Å². The van der Waals surface area contributed by atoms with E-state index in [4.69, 9.17) is 11.6 Å². The molecule has 0 saturated heterocycles. The molecule has 0 aliphatic rings. The minimum atomic E-state index is -0.303. The van der Waals surface area contributed by atoms with Crippen LogP contribution in [-0.4, -0.2) is 0 Å². The second-order valence-electron chi connectivity index (χ2n) is 4.89. The van der Waals surface area contributed by atoms with Crippen LogP contribution in [0.1, 0.15) is 36.6 Å². The van der Waals surface area contributed by atoms with Gasteiger partial charge in [0, 0.05) is 17.6 Å². The standard InChI is InChI=1S/C17H19ClFN/c1-3-13-6-4-5-7-14(13)11-20-12(2)16-9-8-15(19)10-17(16)18/h4-10,12,20H,3,11H2,1-2H3. The number of hydrogen-bond acceptors (Lipinski definition) is 1. The lowest BCUT2D eigenvalue weighted by molar-refractivity contribution is 0.569. The summed E-state index contributed by atoms with van der Waals surface area (Å²) in [7, 11) is 0. The molecule has 0 aliphatic carbocycles. The van der Waals surface area contributed by atoms with E-state index in [0.717, 1.165) is 18.5 Å². The van der Waals surface area contributed by atoms with Gasteiger partial charge in [0.15, 0.2) is 0 Å². The predicted molar refractivity (Wildman–Crippen MR) is 82.5 cm³/mol. The Morgan fingerprint density at radius 3 is 2.50 bits per heavy atom. The lowest BCUT2D eigenvalue weighted by Gasteiger charge is -2.17. The molecule has 1 atom stereocenters. The topological polar surface area (TPSA) is 12.0 Å². The van der Waals surface area contributed by atoms with Crippen LogP contribution in [0.3, 0.4) is 0 Å². The first-order valence-electron chi connectivity index (χ1n) is 6.87. The Balaban J connectivity index is 2.06. The molecule has 0 fully saturated rings. The fraction of sp³-hybridized carbons (Fsp3) is 0.294. The van der Waals surface area contributed by atoms with Crippen molar-refractivity contribution in [2.24, 2.45) is 0 Å². The Morgan fingerprint density at radius 1 is 1.15 bits per heavy atom. The molecule has 0 bridgehead atoms. The highest BCUT2D eigenvalue weighted by atomic mass is 35.5. The van der Waals surface area contributed by atoms with Gasteiger partial charge in [0.25, 0.3) is 0 Å². The first-order valence-corrected chi connectivity index (χ1v) is 7.24. The van der Waals surface area contributed by atoms with E-state index in [-0.39, 0.29) is 11.9 Å². The van der Waals surface area contributed by atoms with Crippen molar-refractivity contribution in [3.63, 3.8) is 0 Å². The maximum Gasteiger partial charge on any atom is 0.124 e. The Bertz CT molecular complexity index is 583. The molecule has 0 aromatic heterocycles. The molecule has 20 heavy (non-hydrogen) atoms. The third-order valence-electron chi connectivity index (χ3n) is 3.53. The molecule has 2 aromatic carbocycles. The molecule has 2 rings (SSSR count). The molecular weight excluding hydrogens is 273 g/mol. The molecule has 0 radical (unpaired) electrons. The van der Waals surface area contributed by atoms with Crippen molar-refractivity contribution >= 4 is 11.6 Å². The van der Waals surface area contributed by atoms with Gasteiger partial charge >= 0.3 is 0 Å². The number of nitrogens with one attached hydrogen (secondary N) is 1. The molecule has 1 nitrogen and oxygen atoms in total. The summed E-state index contributed by atoms with van der Waals surface area (Å²) in [6.45, 7) is 4.96. The van der Waals surface area contributed by atoms with E-state index in [9.17, 15) is 4.39 Å². The fourth-order valence-electron chi connectivity index (χ4n) is 2.30. The van der Waals surface area contributed by atoms with Crippen molar-refractivity contribution in [2.45, 2.75) is 32.9 Å². The predicted octanol–water partition coefficient (Wildman–Crippen LogP) is 4.89. The smallest absolute Gasteiger partial charge is 0.124 e. The summed E-state index contributed by atoms with van der Waals surface area (Å²) in [5.74, 6) is -0.303. The van der Waals surface area contributed by atoms with E-state index in [1.165, 1.54) is 23.3 Å². The minimum Gasteiger partial charge on any atom is -0.306 e. The van der Waals surface area contributed by atoms with Gasteiger partial charge in [0.05, 0.1) is 0 Å². The quantitative estimate of drug-likeness (QED) is 0.827. The van der Waals surface area contributed by atoms with Gasteiger partial charge in [0.2, 0.25) is 0 Å². The molecule has 0 aliphatic heterocycles. The monoisotopic (exact) mass is 291 g/mol. The summed E-state index contributed by atoms with van der Waals surface area (Å²) in [6, 6.07) is 13.0. The highest BCUT2D eigenvalue weighted by Gasteiger charge is 2.10. The number of aryl methyl sites for hydroxylation is 1. The first-order chi connectivity index (χ1) is 9.61. The van der Waals surface area contributed by atoms with Crippen molar-refractivity contribution in [2.75, 3.05) is 0 Å². The van der Waals surface area contributed by atoms with Crippen LogP contribution in [0, 0.1) is 5.82 Å². The van der Waals surface area contributed by atoms with Crippen LogP contribution in [0.4, 0.5) is 4.39 Å². The zero-order valence-corrected chi connectivity index (χ0v) is 12.5. The van der Waals surface area contributed by atoms with Crippen molar-refractivity contribution in [3.8, 4) is 0 Å². The molecule has 106 valence electrons. The molecule has 0 saturated carbocycles. The number of rotatable bonds is 5. The average molecular weight is 292 g/mol. The third-order valence-corrected chi connectivity index (χ3v) is 3.85. The molecule has 0 spiro atoms. The van der Waals surface area contributed by atoms with Crippen molar-refractivity contribution < 1.29 is 4.39 Å². The zero-order chi connectivity index (χ0) is 14.5. The second-order valence-corrected chi connectivity index (χ2v) is 5.30.